The topological polar surface area (TPSA) is 118 Å². The molecule has 0 atom stereocenters. The van der Waals surface area contributed by atoms with Gasteiger partial charge in [-0.05, 0) is 32.8 Å². The van der Waals surface area contributed by atoms with Gasteiger partial charge in [-0.15, -0.1) is 0 Å². The number of H-pyrrole nitrogens is 1. The average molecular weight is 483 g/mol. The number of nitrogens with one attached hydrogen (secondary N) is 2. The van der Waals surface area contributed by atoms with E-state index in [4.69, 9.17) is 9.15 Å². The van der Waals surface area contributed by atoms with Crippen LogP contribution in [-0.4, -0.2) is 42.1 Å². The standard InChI is InChI=1S/C25H31N5O5/c1-16(2)29-21-15-20(28-10-12-34-13-11-28)18(27-25(31)22-8-9-23(35-22)30(32)33)14-19(21)26-24(29)17-6-4-3-5-7-17/h8-9,14-17H,3-7,10-13H2,1-2H3,(H,27,31)/p+1. The molecular weight excluding hydrogens is 450 g/mol. The third-order valence-electron chi connectivity index (χ3n) is 7.00. The lowest BCUT2D eigenvalue weighted by atomic mass is 9.88. The summed E-state index contributed by atoms with van der Waals surface area (Å²) in [4.78, 5) is 29.2. The van der Waals surface area contributed by atoms with Gasteiger partial charge >= 0.3 is 5.88 Å². The summed E-state index contributed by atoms with van der Waals surface area (Å²) in [6.07, 6.45) is 6.13. The molecule has 1 amide bonds. The van der Waals surface area contributed by atoms with Gasteiger partial charge in [-0.1, -0.05) is 19.3 Å². The summed E-state index contributed by atoms with van der Waals surface area (Å²) in [6.45, 7) is 7.05. The van der Waals surface area contributed by atoms with Gasteiger partial charge in [0.25, 0.3) is 11.7 Å². The molecule has 1 aliphatic carbocycles. The third-order valence-corrected chi connectivity index (χ3v) is 7.00. The van der Waals surface area contributed by atoms with Crippen molar-refractivity contribution in [3.8, 4) is 0 Å². The van der Waals surface area contributed by atoms with Crippen molar-refractivity contribution in [2.75, 3.05) is 36.5 Å². The largest absolute Gasteiger partial charge is 0.433 e. The zero-order valence-electron chi connectivity index (χ0n) is 20.2. The van der Waals surface area contributed by atoms with Crippen LogP contribution in [0, 0.1) is 10.1 Å². The fourth-order valence-electron chi connectivity index (χ4n) is 5.33. The van der Waals surface area contributed by atoms with Crippen molar-refractivity contribution in [3.05, 3.63) is 46.0 Å². The zero-order chi connectivity index (χ0) is 24.5. The van der Waals surface area contributed by atoms with Crippen molar-refractivity contribution in [1.82, 2.24) is 4.98 Å². The van der Waals surface area contributed by atoms with Crippen LogP contribution in [0.25, 0.3) is 11.0 Å². The zero-order valence-corrected chi connectivity index (χ0v) is 20.2. The Morgan fingerprint density at radius 3 is 2.60 bits per heavy atom. The van der Waals surface area contributed by atoms with Gasteiger partial charge in [-0.2, -0.15) is 0 Å². The Labute approximate surface area is 203 Å². The molecule has 3 heterocycles. The van der Waals surface area contributed by atoms with Gasteiger partial charge < -0.3 is 19.4 Å². The van der Waals surface area contributed by atoms with E-state index in [-0.39, 0.29) is 11.8 Å². The van der Waals surface area contributed by atoms with Crippen molar-refractivity contribution >= 4 is 34.2 Å². The number of hydrogen-bond acceptors (Lipinski definition) is 6. The van der Waals surface area contributed by atoms with Gasteiger partial charge in [-0.3, -0.25) is 14.9 Å². The maximum atomic E-state index is 13.0. The van der Waals surface area contributed by atoms with Gasteiger partial charge in [0.2, 0.25) is 0 Å². The molecule has 35 heavy (non-hydrogen) atoms. The Balaban J connectivity index is 1.58. The van der Waals surface area contributed by atoms with Gasteiger partial charge in [-0.25, -0.2) is 9.55 Å². The molecule has 3 aromatic rings. The van der Waals surface area contributed by atoms with Crippen LogP contribution in [-0.2, 0) is 4.74 Å². The predicted molar refractivity (Wildman–Crippen MR) is 131 cm³/mol. The summed E-state index contributed by atoms with van der Waals surface area (Å²) in [6, 6.07) is 6.91. The molecule has 1 aliphatic heterocycles. The molecule has 0 unspecified atom stereocenters. The number of carbonyl (C=O) groups excluding carboxylic acids is 1. The van der Waals surface area contributed by atoms with Crippen LogP contribution in [0.3, 0.4) is 0 Å². The Morgan fingerprint density at radius 2 is 1.94 bits per heavy atom. The minimum atomic E-state index is -0.654. The molecule has 10 heteroatoms. The third kappa shape index (κ3) is 4.62. The highest BCUT2D eigenvalue weighted by atomic mass is 16.6. The molecule has 0 bridgehead atoms. The Kier molecular flexibility index (Phi) is 6.46. The van der Waals surface area contributed by atoms with E-state index in [1.807, 2.05) is 6.07 Å². The first-order valence-electron chi connectivity index (χ1n) is 12.4. The Morgan fingerprint density at radius 1 is 1.20 bits per heavy atom. The van der Waals surface area contributed by atoms with Crippen LogP contribution < -0.4 is 14.8 Å². The second-order valence-corrected chi connectivity index (χ2v) is 9.64. The normalized spacial score (nSPS) is 17.3. The summed E-state index contributed by atoms with van der Waals surface area (Å²) in [5.74, 6) is 0.650. The van der Waals surface area contributed by atoms with Gasteiger partial charge in [0.1, 0.15) is 4.92 Å². The summed E-state index contributed by atoms with van der Waals surface area (Å²) in [7, 11) is 0. The predicted octanol–water partition coefficient (Wildman–Crippen LogP) is 4.67. The number of rotatable bonds is 6. The molecule has 1 saturated carbocycles. The minimum absolute atomic E-state index is 0.101. The second kappa shape index (κ2) is 9.69. The monoisotopic (exact) mass is 482 g/mol. The van der Waals surface area contributed by atoms with Gasteiger partial charge in [0, 0.05) is 25.2 Å². The number of amides is 1. The molecule has 10 nitrogen and oxygen atoms in total. The Hall–Kier alpha value is -3.40. The lowest BCUT2D eigenvalue weighted by Gasteiger charge is -2.30. The fourth-order valence-corrected chi connectivity index (χ4v) is 5.33. The van der Waals surface area contributed by atoms with E-state index in [2.05, 4.69) is 39.7 Å². The van der Waals surface area contributed by atoms with Crippen molar-refractivity contribution < 1.29 is 23.4 Å². The molecular formula is C25H32N5O5+. The van der Waals surface area contributed by atoms with Crippen LogP contribution in [0.1, 0.15) is 74.3 Å². The average Bonchev–Trinajstić information content (AvgIpc) is 3.50. The summed E-state index contributed by atoms with van der Waals surface area (Å²) < 4.78 is 13.1. The van der Waals surface area contributed by atoms with Crippen molar-refractivity contribution in [3.63, 3.8) is 0 Å². The molecule has 2 aromatic heterocycles. The summed E-state index contributed by atoms with van der Waals surface area (Å²) >= 11 is 0. The minimum Gasteiger partial charge on any atom is -0.395 e. The number of morpholine rings is 1. The van der Waals surface area contributed by atoms with Crippen LogP contribution in [0.4, 0.5) is 17.3 Å². The number of nitro groups is 1. The SMILES string of the molecule is CC(C)[n+]1c(C2CCCCC2)[nH]c2cc(NC(=O)c3ccc([N+](=O)[O-])o3)c(N3CCOCC3)cc21. The summed E-state index contributed by atoms with van der Waals surface area (Å²) in [5.41, 5.74) is 3.60. The van der Waals surface area contributed by atoms with E-state index in [1.54, 1.807) is 0 Å². The van der Waals surface area contributed by atoms with E-state index in [9.17, 15) is 14.9 Å². The molecule has 1 saturated heterocycles. The number of benzene rings is 1. The van der Waals surface area contributed by atoms with Gasteiger partial charge in [0.15, 0.2) is 16.8 Å². The number of anilines is 2. The highest BCUT2D eigenvalue weighted by Gasteiger charge is 2.31. The smallest absolute Gasteiger partial charge is 0.395 e. The lowest BCUT2D eigenvalue weighted by molar-refractivity contribution is -0.700. The van der Waals surface area contributed by atoms with E-state index in [1.165, 1.54) is 50.1 Å². The molecule has 0 spiro atoms. The van der Waals surface area contributed by atoms with Crippen molar-refractivity contribution in [1.29, 1.82) is 0 Å². The number of carbonyl (C=O) groups is 1. The number of aromatic nitrogens is 2. The van der Waals surface area contributed by atoms with Crippen LogP contribution >= 0.6 is 0 Å². The molecule has 186 valence electrons. The van der Waals surface area contributed by atoms with E-state index < -0.39 is 16.7 Å². The molecule has 1 aromatic carbocycles. The molecule has 5 rings (SSSR count). The molecule has 2 aliphatic rings. The lowest BCUT2D eigenvalue weighted by Crippen LogP contribution is -2.41. The Bertz CT molecular complexity index is 1230. The number of hydrogen-bond donors (Lipinski definition) is 2. The quantitative estimate of drug-likeness (QED) is 0.299. The van der Waals surface area contributed by atoms with E-state index in [0.717, 1.165) is 16.7 Å². The van der Waals surface area contributed by atoms with Crippen molar-refractivity contribution in [2.45, 2.75) is 57.9 Å². The van der Waals surface area contributed by atoms with E-state index >= 15 is 0 Å². The number of fused-ring (bicyclic) bond motifs is 1. The fraction of sp³-hybridized carbons (Fsp3) is 0.520. The summed E-state index contributed by atoms with van der Waals surface area (Å²) in [5, 5.41) is 13.9. The van der Waals surface area contributed by atoms with E-state index in [0.29, 0.717) is 37.9 Å². The van der Waals surface area contributed by atoms with Gasteiger partial charge in [0.05, 0.1) is 42.6 Å². The number of nitrogens with zero attached hydrogens (tertiary/aromatic N) is 3. The first-order chi connectivity index (χ1) is 16.9. The van der Waals surface area contributed by atoms with Crippen LogP contribution in [0.2, 0.25) is 0 Å². The molecule has 0 radical (unpaired) electrons. The van der Waals surface area contributed by atoms with Crippen LogP contribution in [0.5, 0.6) is 0 Å². The van der Waals surface area contributed by atoms with Crippen LogP contribution in [0.15, 0.2) is 28.7 Å². The maximum Gasteiger partial charge on any atom is 0.433 e. The highest BCUT2D eigenvalue weighted by Crippen LogP contribution is 2.36. The molecule has 2 fully saturated rings. The number of imidazole rings is 1. The first kappa shape index (κ1) is 23.3. The number of furan rings is 1. The number of ether oxygens (including phenoxy) is 1. The maximum absolute atomic E-state index is 13.0. The highest BCUT2D eigenvalue weighted by molar-refractivity contribution is 6.05. The second-order valence-electron chi connectivity index (χ2n) is 9.64. The van der Waals surface area contributed by atoms with Crippen molar-refractivity contribution in [2.24, 2.45) is 0 Å². The molecule has 2 N–H and O–H groups in total. The number of aromatic amines is 1. The first-order valence-corrected chi connectivity index (χ1v) is 12.4.